The van der Waals surface area contributed by atoms with Crippen LogP contribution in [-0.2, 0) is 4.74 Å². The van der Waals surface area contributed by atoms with E-state index in [-0.39, 0.29) is 29.8 Å². The number of carbonyl (C=O) groups excluding carboxylic acids is 2. The Morgan fingerprint density at radius 2 is 1.78 bits per heavy atom. The van der Waals surface area contributed by atoms with Gasteiger partial charge in [-0.1, -0.05) is 0 Å². The molecule has 2 aliphatic rings. The molecule has 0 radical (unpaired) electrons. The van der Waals surface area contributed by atoms with Crippen LogP contribution >= 0.6 is 0 Å². The van der Waals surface area contributed by atoms with Crippen LogP contribution in [0.3, 0.4) is 0 Å². The van der Waals surface area contributed by atoms with E-state index in [0.29, 0.717) is 56.3 Å². The molecule has 0 spiro atoms. The fourth-order valence-corrected chi connectivity index (χ4v) is 5.73. The molecule has 4 aromatic rings. The molecule has 0 saturated carbocycles. The molecule has 2 saturated heterocycles. The minimum atomic E-state index is -2.89. The van der Waals surface area contributed by atoms with Gasteiger partial charge in [0.1, 0.15) is 5.75 Å². The number of imidazole rings is 1. The molecule has 236 valence electrons. The molecule has 45 heavy (non-hydrogen) atoms. The summed E-state index contributed by atoms with van der Waals surface area (Å²) in [4.78, 5) is 38.7. The molecule has 3 N–H and O–H groups in total. The van der Waals surface area contributed by atoms with Gasteiger partial charge in [-0.3, -0.25) is 9.20 Å². The zero-order valence-corrected chi connectivity index (χ0v) is 24.9. The number of carbonyl (C=O) groups is 2. The normalized spacial score (nSPS) is 18.4. The number of piperazine rings is 1. The molecule has 3 amide bonds. The van der Waals surface area contributed by atoms with E-state index >= 15 is 0 Å². The molecule has 14 heteroatoms. The van der Waals surface area contributed by atoms with E-state index in [1.807, 2.05) is 23.5 Å². The van der Waals surface area contributed by atoms with E-state index in [0.717, 1.165) is 22.5 Å². The third-order valence-electron chi connectivity index (χ3n) is 8.15. The van der Waals surface area contributed by atoms with E-state index in [1.54, 1.807) is 53.7 Å². The summed E-state index contributed by atoms with van der Waals surface area (Å²) >= 11 is 0. The Morgan fingerprint density at radius 3 is 2.49 bits per heavy atom. The maximum Gasteiger partial charge on any atom is 0.387 e. The molecule has 0 bridgehead atoms. The number of halogens is 2. The molecule has 2 aliphatic heterocycles. The Labute approximate surface area is 258 Å². The summed E-state index contributed by atoms with van der Waals surface area (Å²) in [5.74, 6) is 0.508. The maximum atomic E-state index is 13.4. The topological polar surface area (TPSA) is 125 Å². The van der Waals surface area contributed by atoms with Crippen molar-refractivity contribution in [1.29, 1.82) is 0 Å². The quantitative estimate of drug-likeness (QED) is 0.274. The van der Waals surface area contributed by atoms with Crippen LogP contribution in [-0.4, -0.2) is 101 Å². The van der Waals surface area contributed by atoms with Crippen LogP contribution in [0.4, 0.5) is 25.1 Å². The first-order valence-electron chi connectivity index (χ1n) is 14.6. The number of hydrogen-bond donors (Lipinski definition) is 3. The molecule has 2 fully saturated rings. The molecule has 6 rings (SSSR count). The fourth-order valence-electron chi connectivity index (χ4n) is 5.73. The highest BCUT2D eigenvalue weighted by molar-refractivity contribution is 5.96. The van der Waals surface area contributed by atoms with Gasteiger partial charge < -0.3 is 35.2 Å². The summed E-state index contributed by atoms with van der Waals surface area (Å²) in [6.07, 6.45) is 5.04. The number of anilines is 2. The van der Waals surface area contributed by atoms with Gasteiger partial charge in [0.15, 0.2) is 11.5 Å². The van der Waals surface area contributed by atoms with E-state index in [4.69, 9.17) is 4.74 Å². The second-order valence-electron chi connectivity index (χ2n) is 10.9. The lowest BCUT2D eigenvalue weighted by atomic mass is 10.1. The first-order chi connectivity index (χ1) is 21.8. The van der Waals surface area contributed by atoms with E-state index in [1.165, 1.54) is 12.1 Å². The number of aryl methyl sites for hydroxylation is 1. The lowest BCUT2D eigenvalue weighted by Crippen LogP contribution is -2.56. The lowest BCUT2D eigenvalue weighted by Gasteiger charge is -2.35. The highest BCUT2D eigenvalue weighted by Gasteiger charge is 2.31. The van der Waals surface area contributed by atoms with Crippen LogP contribution in [0.25, 0.3) is 16.9 Å². The molecular formula is C31H34F2N8O4. The fraction of sp³-hybridized carbons (Fsp3) is 0.355. The van der Waals surface area contributed by atoms with E-state index in [9.17, 15) is 18.4 Å². The molecule has 0 aliphatic carbocycles. The second kappa shape index (κ2) is 13.0. The lowest BCUT2D eigenvalue weighted by molar-refractivity contribution is -0.0498. The van der Waals surface area contributed by atoms with Crippen LogP contribution in [0.1, 0.15) is 15.9 Å². The smallest absolute Gasteiger partial charge is 0.387 e. The largest absolute Gasteiger partial charge is 0.435 e. The number of nitrogens with zero attached hydrogens (tertiary/aromatic N) is 5. The third-order valence-corrected chi connectivity index (χ3v) is 8.15. The van der Waals surface area contributed by atoms with Crippen molar-refractivity contribution >= 4 is 29.1 Å². The molecule has 2 atom stereocenters. The zero-order valence-electron chi connectivity index (χ0n) is 24.9. The summed E-state index contributed by atoms with van der Waals surface area (Å²) in [5.41, 5.74) is 4.22. The van der Waals surface area contributed by atoms with E-state index in [2.05, 4.69) is 30.7 Å². The van der Waals surface area contributed by atoms with Crippen molar-refractivity contribution in [2.75, 3.05) is 51.7 Å². The summed E-state index contributed by atoms with van der Waals surface area (Å²) in [5, 5.41) is 9.56. The minimum absolute atomic E-state index is 0.0549. The van der Waals surface area contributed by atoms with Crippen molar-refractivity contribution in [1.82, 2.24) is 34.8 Å². The third kappa shape index (κ3) is 6.51. The van der Waals surface area contributed by atoms with Gasteiger partial charge in [-0.2, -0.15) is 8.78 Å². The monoisotopic (exact) mass is 620 g/mol. The maximum absolute atomic E-state index is 13.4. The van der Waals surface area contributed by atoms with Crippen LogP contribution in [0.2, 0.25) is 0 Å². The number of ether oxygens (including phenoxy) is 2. The molecule has 2 aromatic carbocycles. The number of fused-ring (bicyclic) bond motifs is 1. The average molecular weight is 621 g/mol. The Kier molecular flexibility index (Phi) is 8.76. The van der Waals surface area contributed by atoms with Crippen molar-refractivity contribution in [2.45, 2.75) is 25.7 Å². The van der Waals surface area contributed by atoms with Crippen LogP contribution < -0.4 is 20.7 Å². The highest BCUT2D eigenvalue weighted by Crippen LogP contribution is 2.28. The van der Waals surface area contributed by atoms with Crippen molar-refractivity contribution in [3.63, 3.8) is 0 Å². The summed E-state index contributed by atoms with van der Waals surface area (Å²) < 4.78 is 36.8. The van der Waals surface area contributed by atoms with Crippen LogP contribution in [0, 0.1) is 6.92 Å². The highest BCUT2D eigenvalue weighted by atomic mass is 19.3. The number of urea groups is 1. The van der Waals surface area contributed by atoms with Crippen LogP contribution in [0.15, 0.2) is 61.1 Å². The summed E-state index contributed by atoms with van der Waals surface area (Å²) in [7, 11) is 1.64. The Balaban J connectivity index is 1.09. The summed E-state index contributed by atoms with van der Waals surface area (Å²) in [6.45, 7) is 2.15. The molecule has 2 aromatic heterocycles. The first kappa shape index (κ1) is 30.2. The second-order valence-corrected chi connectivity index (χ2v) is 10.9. The van der Waals surface area contributed by atoms with Gasteiger partial charge in [0.05, 0.1) is 24.0 Å². The minimum Gasteiger partial charge on any atom is -0.435 e. The number of methoxy groups -OCH3 is 1. The van der Waals surface area contributed by atoms with Crippen molar-refractivity contribution in [3.05, 3.63) is 72.2 Å². The number of aromatic nitrogens is 3. The molecule has 0 unspecified atom stereocenters. The SMILES string of the molecule is CO[C@@H]1CNC[C@H]1NC(=O)N1CCN(C(=O)c2ccc(Nc3nccn4c(-c5ccc(OC(F)F)cc5)cnc34)cc2C)CC1. The van der Waals surface area contributed by atoms with Crippen LogP contribution in [0.5, 0.6) is 5.75 Å². The van der Waals surface area contributed by atoms with Gasteiger partial charge in [0.2, 0.25) is 0 Å². The first-order valence-corrected chi connectivity index (χ1v) is 14.6. The Bertz CT molecular complexity index is 1670. The predicted octanol–water partition coefficient (Wildman–Crippen LogP) is 3.50. The number of nitrogens with one attached hydrogen (secondary N) is 3. The van der Waals surface area contributed by atoms with Gasteiger partial charge in [-0.15, -0.1) is 0 Å². The number of benzene rings is 2. The number of hydrogen-bond acceptors (Lipinski definition) is 8. The van der Waals surface area contributed by atoms with Gasteiger partial charge in [-0.05, 0) is 55.0 Å². The van der Waals surface area contributed by atoms with Gasteiger partial charge in [0.25, 0.3) is 5.91 Å². The molecule has 4 heterocycles. The van der Waals surface area contributed by atoms with Crippen molar-refractivity contribution < 1.29 is 27.8 Å². The molecular weight excluding hydrogens is 586 g/mol. The molecule has 12 nitrogen and oxygen atoms in total. The van der Waals surface area contributed by atoms with E-state index < -0.39 is 6.61 Å². The van der Waals surface area contributed by atoms with Crippen molar-refractivity contribution in [3.8, 4) is 17.0 Å². The summed E-state index contributed by atoms with van der Waals surface area (Å²) in [6, 6.07) is 11.6. The zero-order chi connectivity index (χ0) is 31.5. The number of alkyl halides is 2. The Morgan fingerprint density at radius 1 is 1.02 bits per heavy atom. The Hall–Kier alpha value is -4.82. The standard InChI is InChI=1S/C31H34F2N8O4/c1-19-15-21(37-27-28-36-17-25(41(28)10-9-35-27)20-3-6-22(7-4-20)45-30(32)33)5-8-23(19)29(42)39-11-13-40(14-12-39)31(43)38-24-16-34-18-26(24)44-2/h3-10,15,17,24,26,30,34H,11-14,16,18H2,1-2H3,(H,35,37)(H,38,43)/t24-,26-/m1/s1. The van der Waals surface area contributed by atoms with Gasteiger partial charge in [0, 0.05) is 75.6 Å². The van der Waals surface area contributed by atoms with Gasteiger partial charge in [-0.25, -0.2) is 14.8 Å². The average Bonchev–Trinajstić information content (AvgIpc) is 3.68. The number of rotatable bonds is 8. The van der Waals surface area contributed by atoms with Gasteiger partial charge >= 0.3 is 12.6 Å². The number of amides is 3. The van der Waals surface area contributed by atoms with Crippen molar-refractivity contribution in [2.24, 2.45) is 0 Å². The predicted molar refractivity (Wildman–Crippen MR) is 163 cm³/mol.